The van der Waals surface area contributed by atoms with Crippen molar-refractivity contribution in [2.75, 3.05) is 0 Å². The van der Waals surface area contributed by atoms with Gasteiger partial charge in [-0.15, -0.1) is 0 Å². The topological polar surface area (TPSA) is 3.88 Å². The van der Waals surface area contributed by atoms with Crippen molar-refractivity contribution in [1.82, 2.24) is 0 Å². The van der Waals surface area contributed by atoms with Gasteiger partial charge in [0.1, 0.15) is 0 Å². The Morgan fingerprint density at radius 3 is 2.12 bits per heavy atom. The smallest absolute Gasteiger partial charge is 0.173 e. The lowest BCUT2D eigenvalue weighted by atomic mass is 10.1. The van der Waals surface area contributed by atoms with E-state index in [-0.39, 0.29) is 12.4 Å². The maximum atomic E-state index is 6.07. The van der Waals surface area contributed by atoms with Gasteiger partial charge in [-0.25, -0.2) is 4.57 Å². The number of rotatable bonds is 9. The van der Waals surface area contributed by atoms with Crippen molar-refractivity contribution >= 4 is 23.2 Å². The quantitative estimate of drug-likeness (QED) is 0.460. The third kappa shape index (κ3) is 7.42. The van der Waals surface area contributed by atoms with Gasteiger partial charge >= 0.3 is 0 Å². The van der Waals surface area contributed by atoms with Crippen molar-refractivity contribution in [2.24, 2.45) is 0 Å². The van der Waals surface area contributed by atoms with E-state index in [4.69, 9.17) is 23.2 Å². The second-order valence-electron chi connectivity index (χ2n) is 6.14. The molecule has 0 spiro atoms. The number of aryl methyl sites for hydroxylation is 1. The molecule has 0 aliphatic carbocycles. The monoisotopic (exact) mass is 385 g/mol. The Morgan fingerprint density at radius 2 is 1.46 bits per heavy atom. The summed E-state index contributed by atoms with van der Waals surface area (Å²) in [5, 5.41) is 1.22. The van der Waals surface area contributed by atoms with Crippen LogP contribution in [0.3, 0.4) is 0 Å². The number of benzene rings is 1. The summed E-state index contributed by atoms with van der Waals surface area (Å²) in [5.74, 6) is 0. The molecule has 132 valence electrons. The molecule has 0 N–H and O–H groups in total. The van der Waals surface area contributed by atoms with Crippen LogP contribution in [0.4, 0.5) is 0 Å². The van der Waals surface area contributed by atoms with Gasteiger partial charge in [-0.3, -0.25) is 0 Å². The number of halogens is 3. The van der Waals surface area contributed by atoms with Gasteiger partial charge in [0.25, 0.3) is 0 Å². The van der Waals surface area contributed by atoms with Crippen LogP contribution in [0.2, 0.25) is 10.0 Å². The fourth-order valence-electron chi connectivity index (χ4n) is 2.72. The third-order valence-corrected chi connectivity index (χ3v) is 4.87. The minimum Gasteiger partial charge on any atom is -1.00 e. The van der Waals surface area contributed by atoms with Crippen molar-refractivity contribution in [3.05, 3.63) is 63.9 Å². The fourth-order valence-corrected chi connectivity index (χ4v) is 3.04. The molecule has 0 unspecified atom stereocenters. The van der Waals surface area contributed by atoms with E-state index < -0.39 is 0 Å². The highest BCUT2D eigenvalue weighted by Gasteiger charge is 2.05. The molecule has 0 saturated heterocycles. The minimum atomic E-state index is 0. The second-order valence-corrected chi connectivity index (χ2v) is 6.96. The zero-order valence-corrected chi connectivity index (χ0v) is 16.5. The van der Waals surface area contributed by atoms with Crippen LogP contribution in [-0.4, -0.2) is 0 Å². The molecule has 0 fully saturated rings. The number of nitrogens with zero attached hydrogens (tertiary/aromatic N) is 1. The number of hydrogen-bond donors (Lipinski definition) is 0. The average Bonchev–Trinajstić information content (AvgIpc) is 2.56. The first-order valence-electron chi connectivity index (χ1n) is 8.61. The molecule has 1 aromatic heterocycles. The van der Waals surface area contributed by atoms with Crippen LogP contribution in [0, 0.1) is 0 Å². The predicted molar refractivity (Wildman–Crippen MR) is 99.3 cm³/mol. The molecule has 0 amide bonds. The van der Waals surface area contributed by atoms with Gasteiger partial charge in [0.2, 0.25) is 0 Å². The highest BCUT2D eigenvalue weighted by Crippen LogP contribution is 2.22. The van der Waals surface area contributed by atoms with Crippen molar-refractivity contribution in [3.63, 3.8) is 0 Å². The molecule has 0 bridgehead atoms. The first-order valence-corrected chi connectivity index (χ1v) is 9.36. The normalized spacial score (nSPS) is 10.5. The summed E-state index contributed by atoms with van der Waals surface area (Å²) < 4.78 is 2.17. The Morgan fingerprint density at radius 1 is 0.792 bits per heavy atom. The largest absolute Gasteiger partial charge is 1.00 e. The summed E-state index contributed by atoms with van der Waals surface area (Å²) in [6, 6.07) is 10.3. The van der Waals surface area contributed by atoms with E-state index in [1.165, 1.54) is 50.5 Å². The summed E-state index contributed by atoms with van der Waals surface area (Å²) in [5.41, 5.74) is 2.58. The maximum Gasteiger partial charge on any atom is 0.173 e. The second kappa shape index (κ2) is 11.7. The van der Waals surface area contributed by atoms with Gasteiger partial charge in [-0.05, 0) is 30.5 Å². The van der Waals surface area contributed by atoms with E-state index in [1.54, 1.807) is 0 Å². The fraction of sp³-hybridized carbons (Fsp3) is 0.450. The van der Waals surface area contributed by atoms with Gasteiger partial charge in [-0.2, -0.15) is 0 Å². The van der Waals surface area contributed by atoms with Gasteiger partial charge in [-0.1, -0.05) is 68.3 Å². The molecular weight excluding hydrogens is 361 g/mol. The molecule has 2 aromatic rings. The number of hydrogen-bond acceptors (Lipinski definition) is 0. The Hall–Kier alpha value is -0.760. The molecule has 0 aliphatic heterocycles. The van der Waals surface area contributed by atoms with Crippen LogP contribution in [-0.2, 0) is 13.0 Å². The van der Waals surface area contributed by atoms with Crippen LogP contribution in [0.5, 0.6) is 0 Å². The summed E-state index contributed by atoms with van der Waals surface area (Å²) in [6.07, 6.45) is 13.6. The van der Waals surface area contributed by atoms with Crippen molar-refractivity contribution in [2.45, 2.75) is 58.4 Å². The Balaban J connectivity index is 0.00000288. The molecule has 1 aromatic carbocycles. The number of pyridine rings is 1. The summed E-state index contributed by atoms with van der Waals surface area (Å²) in [4.78, 5) is 0. The molecule has 1 heterocycles. The van der Waals surface area contributed by atoms with Crippen LogP contribution < -0.4 is 17.0 Å². The molecule has 0 saturated carbocycles. The highest BCUT2D eigenvalue weighted by molar-refractivity contribution is 6.42. The summed E-state index contributed by atoms with van der Waals surface area (Å²) in [7, 11) is 0. The van der Waals surface area contributed by atoms with Crippen LogP contribution in [0.25, 0.3) is 0 Å². The zero-order valence-electron chi connectivity index (χ0n) is 14.3. The van der Waals surface area contributed by atoms with E-state index in [0.29, 0.717) is 10.0 Å². The van der Waals surface area contributed by atoms with Gasteiger partial charge in [0.15, 0.2) is 18.9 Å². The average molecular weight is 387 g/mol. The SMILES string of the molecule is CCCCCCCCc1cc[n+](Cc2ccc(Cl)c(Cl)c2)cc1.[Cl-]. The molecule has 24 heavy (non-hydrogen) atoms. The standard InChI is InChI=1S/C20H26Cl2N.ClH/c1-2-3-4-5-6-7-8-17-11-13-23(14-12-17)16-18-9-10-19(21)20(22)15-18;/h9-15H,2-8,16H2,1H3;1H/q+1;/p-1. The first kappa shape index (κ1) is 21.3. The molecule has 2 rings (SSSR count). The molecular formula is C20H26Cl3N. The van der Waals surface area contributed by atoms with Crippen LogP contribution >= 0.6 is 23.2 Å². The van der Waals surface area contributed by atoms with E-state index in [2.05, 4.69) is 36.0 Å². The first-order chi connectivity index (χ1) is 11.2. The molecule has 1 nitrogen and oxygen atoms in total. The highest BCUT2D eigenvalue weighted by atomic mass is 35.5. The lowest BCUT2D eigenvalue weighted by Crippen LogP contribution is -3.00. The van der Waals surface area contributed by atoms with Gasteiger partial charge in [0, 0.05) is 17.7 Å². The van der Waals surface area contributed by atoms with E-state index in [1.807, 2.05) is 18.2 Å². The molecule has 0 aliphatic rings. The lowest BCUT2D eigenvalue weighted by molar-refractivity contribution is -0.688. The lowest BCUT2D eigenvalue weighted by Gasteiger charge is -2.03. The zero-order chi connectivity index (χ0) is 16.5. The van der Waals surface area contributed by atoms with E-state index in [9.17, 15) is 0 Å². The Kier molecular flexibility index (Phi) is 10.4. The van der Waals surface area contributed by atoms with Crippen molar-refractivity contribution in [1.29, 1.82) is 0 Å². The van der Waals surface area contributed by atoms with Gasteiger partial charge in [0.05, 0.1) is 10.0 Å². The Labute approximate surface area is 162 Å². The molecule has 4 heteroatoms. The molecule has 0 radical (unpaired) electrons. The molecule has 0 atom stereocenters. The Bertz CT molecular complexity index is 596. The van der Waals surface area contributed by atoms with Crippen LogP contribution in [0.15, 0.2) is 42.7 Å². The minimum absolute atomic E-state index is 0. The summed E-state index contributed by atoms with van der Waals surface area (Å²) in [6.45, 7) is 3.07. The van der Waals surface area contributed by atoms with Crippen LogP contribution in [0.1, 0.15) is 56.6 Å². The van der Waals surface area contributed by atoms with E-state index >= 15 is 0 Å². The van der Waals surface area contributed by atoms with Crippen molar-refractivity contribution in [3.8, 4) is 0 Å². The number of unbranched alkanes of at least 4 members (excludes halogenated alkanes) is 5. The van der Waals surface area contributed by atoms with Gasteiger partial charge < -0.3 is 12.4 Å². The van der Waals surface area contributed by atoms with E-state index in [0.717, 1.165) is 12.1 Å². The third-order valence-electron chi connectivity index (χ3n) is 4.13. The van der Waals surface area contributed by atoms with Crippen molar-refractivity contribution < 1.29 is 17.0 Å². The summed E-state index contributed by atoms with van der Waals surface area (Å²) >= 11 is 12.0. The maximum absolute atomic E-state index is 6.07. The number of aromatic nitrogens is 1. The predicted octanol–water partition coefficient (Wildman–Crippen LogP) is 3.24.